The SMILES string of the molecule is Clc1cc(Br)c2c(-c3cnn(C4CCCCO4)c3)n[nH]c2c1Cl. The molecule has 4 rings (SSSR count). The molecule has 2 aromatic heterocycles. The van der Waals surface area contributed by atoms with Crippen LogP contribution in [-0.4, -0.2) is 26.6 Å². The molecule has 0 spiro atoms. The van der Waals surface area contributed by atoms with Crippen LogP contribution in [0, 0.1) is 0 Å². The monoisotopic (exact) mass is 414 g/mol. The molecular weight excluding hydrogens is 403 g/mol. The van der Waals surface area contributed by atoms with Crippen molar-refractivity contribution < 1.29 is 4.74 Å². The summed E-state index contributed by atoms with van der Waals surface area (Å²) in [6.45, 7) is 0.783. The fourth-order valence-electron chi connectivity index (χ4n) is 2.86. The van der Waals surface area contributed by atoms with E-state index in [4.69, 9.17) is 27.9 Å². The van der Waals surface area contributed by atoms with E-state index >= 15 is 0 Å². The van der Waals surface area contributed by atoms with Gasteiger partial charge in [0.15, 0.2) is 0 Å². The maximum Gasteiger partial charge on any atom is 0.150 e. The van der Waals surface area contributed by atoms with Gasteiger partial charge >= 0.3 is 0 Å². The van der Waals surface area contributed by atoms with Crippen molar-refractivity contribution in [2.75, 3.05) is 6.61 Å². The summed E-state index contributed by atoms with van der Waals surface area (Å²) in [5.41, 5.74) is 2.40. The van der Waals surface area contributed by atoms with Gasteiger partial charge in [-0.2, -0.15) is 10.2 Å². The first-order valence-electron chi connectivity index (χ1n) is 7.33. The van der Waals surface area contributed by atoms with Crippen molar-refractivity contribution >= 4 is 50.0 Å². The Balaban J connectivity index is 1.78. The summed E-state index contributed by atoms with van der Waals surface area (Å²) >= 11 is 15.9. The molecule has 23 heavy (non-hydrogen) atoms. The molecule has 0 bridgehead atoms. The van der Waals surface area contributed by atoms with E-state index in [1.165, 1.54) is 0 Å². The number of hydrogen-bond donors (Lipinski definition) is 1. The maximum atomic E-state index is 6.26. The highest BCUT2D eigenvalue weighted by molar-refractivity contribution is 9.10. The molecule has 1 N–H and O–H groups in total. The van der Waals surface area contributed by atoms with Gasteiger partial charge in [-0.05, 0) is 41.3 Å². The predicted octanol–water partition coefficient (Wildman–Crippen LogP) is 5.19. The van der Waals surface area contributed by atoms with Crippen LogP contribution in [0.15, 0.2) is 22.9 Å². The van der Waals surface area contributed by atoms with Gasteiger partial charge in [0.25, 0.3) is 0 Å². The molecule has 120 valence electrons. The van der Waals surface area contributed by atoms with Crippen LogP contribution in [0.1, 0.15) is 25.5 Å². The van der Waals surface area contributed by atoms with Crippen LogP contribution in [-0.2, 0) is 4.74 Å². The smallest absolute Gasteiger partial charge is 0.150 e. The minimum absolute atomic E-state index is 0.00387. The maximum absolute atomic E-state index is 6.26. The normalized spacial score (nSPS) is 18.7. The van der Waals surface area contributed by atoms with Gasteiger partial charge in [-0.25, -0.2) is 4.68 Å². The third kappa shape index (κ3) is 2.67. The minimum Gasteiger partial charge on any atom is -0.357 e. The Kier molecular flexibility index (Phi) is 4.09. The van der Waals surface area contributed by atoms with Gasteiger partial charge in [0.2, 0.25) is 0 Å². The second-order valence-electron chi connectivity index (χ2n) is 5.51. The van der Waals surface area contributed by atoms with Crippen LogP contribution < -0.4 is 0 Å². The van der Waals surface area contributed by atoms with Crippen LogP contribution >= 0.6 is 39.1 Å². The van der Waals surface area contributed by atoms with Crippen LogP contribution in [0.3, 0.4) is 0 Å². The second kappa shape index (κ2) is 6.09. The average molecular weight is 416 g/mol. The molecule has 1 aromatic carbocycles. The molecule has 0 aliphatic carbocycles. The van der Waals surface area contributed by atoms with E-state index in [0.29, 0.717) is 15.6 Å². The van der Waals surface area contributed by atoms with Gasteiger partial charge in [0.05, 0.1) is 21.8 Å². The van der Waals surface area contributed by atoms with Crippen molar-refractivity contribution in [1.82, 2.24) is 20.0 Å². The summed E-state index contributed by atoms with van der Waals surface area (Å²) in [5.74, 6) is 0. The highest BCUT2D eigenvalue weighted by atomic mass is 79.9. The molecule has 0 radical (unpaired) electrons. The van der Waals surface area contributed by atoms with E-state index in [-0.39, 0.29) is 6.23 Å². The van der Waals surface area contributed by atoms with E-state index in [0.717, 1.165) is 47.0 Å². The number of hydrogen-bond acceptors (Lipinski definition) is 3. The molecule has 1 aliphatic heterocycles. The van der Waals surface area contributed by atoms with Gasteiger partial charge in [-0.15, -0.1) is 0 Å². The molecule has 1 unspecified atom stereocenters. The van der Waals surface area contributed by atoms with E-state index in [2.05, 4.69) is 31.2 Å². The van der Waals surface area contributed by atoms with E-state index in [9.17, 15) is 0 Å². The lowest BCUT2D eigenvalue weighted by molar-refractivity contribution is -0.0394. The lowest BCUT2D eigenvalue weighted by Crippen LogP contribution is -2.18. The van der Waals surface area contributed by atoms with E-state index in [1.54, 1.807) is 12.3 Å². The van der Waals surface area contributed by atoms with E-state index in [1.807, 2.05) is 10.9 Å². The Labute approximate surface area is 151 Å². The first-order chi connectivity index (χ1) is 11.1. The zero-order chi connectivity index (χ0) is 16.0. The summed E-state index contributed by atoms with van der Waals surface area (Å²) in [5, 5.41) is 13.6. The van der Waals surface area contributed by atoms with Crippen molar-refractivity contribution in [2.24, 2.45) is 0 Å². The third-order valence-electron chi connectivity index (χ3n) is 4.01. The summed E-state index contributed by atoms with van der Waals surface area (Å²) in [6.07, 6.45) is 7.01. The lowest BCUT2D eigenvalue weighted by Gasteiger charge is -2.22. The fraction of sp³-hybridized carbons (Fsp3) is 0.333. The number of aromatic nitrogens is 4. The van der Waals surface area contributed by atoms with Gasteiger partial charge in [-0.1, -0.05) is 23.2 Å². The number of nitrogens with zero attached hydrogens (tertiary/aromatic N) is 3. The van der Waals surface area contributed by atoms with Crippen LogP contribution in [0.4, 0.5) is 0 Å². The molecule has 3 heterocycles. The minimum atomic E-state index is 0.00387. The molecule has 1 atom stereocenters. The summed E-state index contributed by atoms with van der Waals surface area (Å²) in [4.78, 5) is 0. The highest BCUT2D eigenvalue weighted by Gasteiger charge is 2.20. The van der Waals surface area contributed by atoms with Crippen molar-refractivity contribution in [2.45, 2.75) is 25.5 Å². The summed E-state index contributed by atoms with van der Waals surface area (Å²) in [7, 11) is 0. The number of aromatic amines is 1. The molecular formula is C15H13BrCl2N4O. The number of benzene rings is 1. The van der Waals surface area contributed by atoms with E-state index < -0.39 is 0 Å². The number of rotatable bonds is 2. The lowest BCUT2D eigenvalue weighted by atomic mass is 10.1. The Morgan fingerprint density at radius 2 is 2.22 bits per heavy atom. The van der Waals surface area contributed by atoms with Gasteiger partial charge in [0, 0.05) is 28.2 Å². The third-order valence-corrected chi connectivity index (χ3v) is 5.43. The topological polar surface area (TPSA) is 55.7 Å². The first kappa shape index (κ1) is 15.4. The molecule has 3 aromatic rings. The summed E-state index contributed by atoms with van der Waals surface area (Å²) in [6, 6.07) is 1.78. The zero-order valence-corrected chi connectivity index (χ0v) is 15.1. The molecule has 8 heteroatoms. The van der Waals surface area contributed by atoms with Crippen LogP contribution in [0.25, 0.3) is 22.2 Å². The zero-order valence-electron chi connectivity index (χ0n) is 12.0. The van der Waals surface area contributed by atoms with Crippen molar-refractivity contribution in [3.63, 3.8) is 0 Å². The van der Waals surface area contributed by atoms with Crippen molar-refractivity contribution in [3.05, 3.63) is 33.0 Å². The Bertz CT molecular complexity index is 870. The number of fused-ring (bicyclic) bond motifs is 1. The van der Waals surface area contributed by atoms with Gasteiger partial charge < -0.3 is 4.74 Å². The summed E-state index contributed by atoms with van der Waals surface area (Å²) < 4.78 is 8.47. The molecule has 1 fully saturated rings. The molecule has 0 amide bonds. The van der Waals surface area contributed by atoms with Crippen LogP contribution in [0.5, 0.6) is 0 Å². The van der Waals surface area contributed by atoms with Gasteiger partial charge in [-0.3, -0.25) is 5.10 Å². The Morgan fingerprint density at radius 1 is 1.35 bits per heavy atom. The second-order valence-corrected chi connectivity index (χ2v) is 7.15. The first-order valence-corrected chi connectivity index (χ1v) is 8.88. The average Bonchev–Trinajstić information content (AvgIpc) is 3.20. The Hall–Kier alpha value is -1.08. The molecule has 1 aliphatic rings. The highest BCUT2D eigenvalue weighted by Crippen LogP contribution is 2.39. The van der Waals surface area contributed by atoms with Crippen molar-refractivity contribution in [3.8, 4) is 11.3 Å². The van der Waals surface area contributed by atoms with Crippen molar-refractivity contribution in [1.29, 1.82) is 0 Å². The standard InChI is InChI=1S/C15H13BrCl2N4O/c16-9-5-10(17)13(18)15-12(9)14(20-21-15)8-6-19-22(7-8)11-3-1-2-4-23-11/h5-7,11H,1-4H2,(H,20,21). The number of ether oxygens (including phenoxy) is 1. The molecule has 0 saturated carbocycles. The number of halogens is 3. The number of H-pyrrole nitrogens is 1. The molecule has 1 saturated heterocycles. The number of nitrogens with one attached hydrogen (secondary N) is 1. The Morgan fingerprint density at radius 3 is 3.00 bits per heavy atom. The molecule has 5 nitrogen and oxygen atoms in total. The fourth-order valence-corrected chi connectivity index (χ4v) is 4.00. The van der Waals surface area contributed by atoms with Crippen LogP contribution in [0.2, 0.25) is 10.0 Å². The quantitative estimate of drug-likeness (QED) is 0.585. The largest absolute Gasteiger partial charge is 0.357 e. The predicted molar refractivity (Wildman–Crippen MR) is 93.9 cm³/mol. The van der Waals surface area contributed by atoms with Gasteiger partial charge in [0.1, 0.15) is 11.9 Å².